The number of hydrogen-bond acceptors (Lipinski definition) is 3. The maximum atomic E-state index is 4.13. The van der Waals surface area contributed by atoms with Crippen LogP contribution in [0.15, 0.2) is 24.5 Å². The second-order valence-electron chi connectivity index (χ2n) is 3.64. The lowest BCUT2D eigenvalue weighted by atomic mass is 10.3. The monoisotopic (exact) mass is 221 g/mol. The maximum absolute atomic E-state index is 4.13. The first-order valence-corrected chi connectivity index (χ1v) is 5.79. The van der Waals surface area contributed by atoms with Gasteiger partial charge in [-0.05, 0) is 19.1 Å². The normalized spacial score (nSPS) is 10.8. The molecule has 2 rings (SSSR count). The number of rotatable bonds is 4. The van der Waals surface area contributed by atoms with Gasteiger partial charge in [-0.15, -0.1) is 11.3 Å². The van der Waals surface area contributed by atoms with Crippen LogP contribution in [0.25, 0.3) is 0 Å². The largest absolute Gasteiger partial charge is 0.308 e. The van der Waals surface area contributed by atoms with Gasteiger partial charge in [0.1, 0.15) is 0 Å². The molecule has 0 unspecified atom stereocenters. The molecular weight excluding hydrogens is 206 g/mol. The highest BCUT2D eigenvalue weighted by Crippen LogP contribution is 2.14. The predicted molar refractivity (Wildman–Crippen MR) is 62.8 cm³/mol. The van der Waals surface area contributed by atoms with Gasteiger partial charge in [-0.3, -0.25) is 4.68 Å². The molecular formula is C11H15N3S. The molecule has 0 radical (unpaired) electrons. The van der Waals surface area contributed by atoms with Crippen LogP contribution in [0, 0.1) is 6.92 Å². The molecule has 0 spiro atoms. The average molecular weight is 221 g/mol. The predicted octanol–water partition coefficient (Wildman–Crippen LogP) is 2.08. The van der Waals surface area contributed by atoms with E-state index in [0.29, 0.717) is 0 Å². The fraction of sp³-hybridized carbons (Fsp3) is 0.364. The van der Waals surface area contributed by atoms with E-state index < -0.39 is 0 Å². The SMILES string of the molecule is Cc1ccc(CNCc2cnn(C)c2)s1. The molecule has 0 atom stereocenters. The van der Waals surface area contributed by atoms with Crippen LogP contribution in [0.1, 0.15) is 15.3 Å². The summed E-state index contributed by atoms with van der Waals surface area (Å²) in [4.78, 5) is 2.75. The van der Waals surface area contributed by atoms with E-state index in [4.69, 9.17) is 0 Å². The molecule has 0 bridgehead atoms. The molecule has 0 aliphatic rings. The number of hydrogen-bond donors (Lipinski definition) is 1. The van der Waals surface area contributed by atoms with E-state index in [0.717, 1.165) is 13.1 Å². The molecule has 4 heteroatoms. The third-order valence-electron chi connectivity index (χ3n) is 2.18. The van der Waals surface area contributed by atoms with Crippen molar-refractivity contribution in [2.24, 2.45) is 7.05 Å². The molecule has 2 aromatic heterocycles. The van der Waals surface area contributed by atoms with Crippen molar-refractivity contribution >= 4 is 11.3 Å². The van der Waals surface area contributed by atoms with Crippen molar-refractivity contribution < 1.29 is 0 Å². The highest BCUT2D eigenvalue weighted by molar-refractivity contribution is 7.11. The highest BCUT2D eigenvalue weighted by atomic mass is 32.1. The molecule has 80 valence electrons. The number of nitrogens with zero attached hydrogens (tertiary/aromatic N) is 2. The molecule has 0 aromatic carbocycles. The first-order chi connectivity index (χ1) is 7.24. The van der Waals surface area contributed by atoms with E-state index in [9.17, 15) is 0 Å². The fourth-order valence-corrected chi connectivity index (χ4v) is 2.33. The van der Waals surface area contributed by atoms with Gasteiger partial charge in [0.25, 0.3) is 0 Å². The van der Waals surface area contributed by atoms with Crippen molar-refractivity contribution in [1.82, 2.24) is 15.1 Å². The lowest BCUT2D eigenvalue weighted by Gasteiger charge is -1.99. The molecule has 2 heterocycles. The summed E-state index contributed by atoms with van der Waals surface area (Å²) in [5.74, 6) is 0. The van der Waals surface area contributed by atoms with Crippen molar-refractivity contribution in [2.45, 2.75) is 20.0 Å². The Balaban J connectivity index is 1.80. The van der Waals surface area contributed by atoms with Gasteiger partial charge >= 0.3 is 0 Å². The van der Waals surface area contributed by atoms with Crippen molar-refractivity contribution in [3.05, 3.63) is 39.8 Å². The number of nitrogens with one attached hydrogen (secondary N) is 1. The van der Waals surface area contributed by atoms with Crippen LogP contribution in [-0.2, 0) is 20.1 Å². The average Bonchev–Trinajstić information content (AvgIpc) is 2.76. The van der Waals surface area contributed by atoms with Gasteiger partial charge in [-0.25, -0.2) is 0 Å². The summed E-state index contributed by atoms with van der Waals surface area (Å²) in [7, 11) is 1.94. The number of thiophene rings is 1. The molecule has 0 aliphatic heterocycles. The molecule has 0 aliphatic carbocycles. The summed E-state index contributed by atoms with van der Waals surface area (Å²) in [5, 5.41) is 7.53. The van der Waals surface area contributed by atoms with Gasteiger partial charge in [0.05, 0.1) is 6.20 Å². The Bertz CT molecular complexity index is 390. The first kappa shape index (κ1) is 10.4. The second kappa shape index (κ2) is 4.59. The Labute approximate surface area is 93.7 Å². The van der Waals surface area contributed by atoms with E-state index in [1.54, 1.807) is 0 Å². The minimum absolute atomic E-state index is 0.880. The van der Waals surface area contributed by atoms with Crippen LogP contribution < -0.4 is 5.32 Å². The van der Waals surface area contributed by atoms with Crippen LogP contribution in [0.3, 0.4) is 0 Å². The third kappa shape index (κ3) is 2.91. The Hall–Kier alpha value is -1.13. The first-order valence-electron chi connectivity index (χ1n) is 4.97. The lowest BCUT2D eigenvalue weighted by Crippen LogP contribution is -2.11. The van der Waals surface area contributed by atoms with E-state index >= 15 is 0 Å². The second-order valence-corrected chi connectivity index (χ2v) is 5.01. The zero-order valence-electron chi connectivity index (χ0n) is 9.03. The van der Waals surface area contributed by atoms with Gasteiger partial charge in [-0.2, -0.15) is 5.10 Å². The molecule has 0 saturated heterocycles. The van der Waals surface area contributed by atoms with Gasteiger partial charge in [0, 0.05) is 41.7 Å². The van der Waals surface area contributed by atoms with Crippen LogP contribution >= 0.6 is 11.3 Å². The number of aryl methyl sites for hydroxylation is 2. The van der Waals surface area contributed by atoms with Crippen LogP contribution in [-0.4, -0.2) is 9.78 Å². The fourth-order valence-electron chi connectivity index (χ4n) is 1.47. The smallest absolute Gasteiger partial charge is 0.0534 e. The maximum Gasteiger partial charge on any atom is 0.0534 e. The standard InChI is InChI=1S/C11H15N3S/c1-9-3-4-11(15-9)7-12-5-10-6-13-14(2)8-10/h3-4,6,8,12H,5,7H2,1-2H3. The lowest BCUT2D eigenvalue weighted by molar-refractivity contribution is 0.699. The molecule has 15 heavy (non-hydrogen) atoms. The summed E-state index contributed by atoms with van der Waals surface area (Å²) in [6, 6.07) is 4.34. The Morgan fingerprint density at radius 1 is 1.40 bits per heavy atom. The molecule has 1 N–H and O–H groups in total. The topological polar surface area (TPSA) is 29.9 Å². The van der Waals surface area contributed by atoms with Crippen molar-refractivity contribution in [3.63, 3.8) is 0 Å². The van der Waals surface area contributed by atoms with Crippen molar-refractivity contribution in [2.75, 3.05) is 0 Å². The summed E-state index contributed by atoms with van der Waals surface area (Å²) < 4.78 is 1.83. The summed E-state index contributed by atoms with van der Waals surface area (Å²) in [6.07, 6.45) is 3.93. The van der Waals surface area contributed by atoms with E-state index in [2.05, 4.69) is 29.5 Å². The van der Waals surface area contributed by atoms with Crippen LogP contribution in [0.4, 0.5) is 0 Å². The van der Waals surface area contributed by atoms with Crippen LogP contribution in [0.2, 0.25) is 0 Å². The Kier molecular flexibility index (Phi) is 3.18. The van der Waals surface area contributed by atoms with E-state index in [1.165, 1.54) is 15.3 Å². The Morgan fingerprint density at radius 3 is 2.87 bits per heavy atom. The number of aromatic nitrogens is 2. The third-order valence-corrected chi connectivity index (χ3v) is 3.18. The van der Waals surface area contributed by atoms with Gasteiger partial charge in [0.2, 0.25) is 0 Å². The highest BCUT2D eigenvalue weighted by Gasteiger charge is 1.98. The van der Waals surface area contributed by atoms with Gasteiger partial charge in [0.15, 0.2) is 0 Å². The van der Waals surface area contributed by atoms with Gasteiger partial charge < -0.3 is 5.32 Å². The quantitative estimate of drug-likeness (QED) is 0.856. The van der Waals surface area contributed by atoms with Crippen molar-refractivity contribution in [1.29, 1.82) is 0 Å². The minimum atomic E-state index is 0.880. The molecule has 0 amide bonds. The minimum Gasteiger partial charge on any atom is -0.308 e. The molecule has 3 nitrogen and oxygen atoms in total. The van der Waals surface area contributed by atoms with Crippen molar-refractivity contribution in [3.8, 4) is 0 Å². The molecule has 0 saturated carbocycles. The molecule has 2 aromatic rings. The van der Waals surface area contributed by atoms with E-state index in [-0.39, 0.29) is 0 Å². The summed E-state index contributed by atoms with van der Waals surface area (Å²) in [5.41, 5.74) is 1.23. The summed E-state index contributed by atoms with van der Waals surface area (Å²) >= 11 is 1.84. The Morgan fingerprint density at radius 2 is 2.27 bits per heavy atom. The molecule has 0 fully saturated rings. The zero-order valence-corrected chi connectivity index (χ0v) is 9.84. The van der Waals surface area contributed by atoms with Gasteiger partial charge in [-0.1, -0.05) is 0 Å². The van der Waals surface area contributed by atoms with E-state index in [1.807, 2.05) is 35.5 Å². The van der Waals surface area contributed by atoms with Crippen LogP contribution in [0.5, 0.6) is 0 Å². The zero-order chi connectivity index (χ0) is 10.7. The summed E-state index contributed by atoms with van der Waals surface area (Å²) in [6.45, 7) is 3.95.